The predicted molar refractivity (Wildman–Crippen MR) is 199 cm³/mol. The van der Waals surface area contributed by atoms with Gasteiger partial charge in [-0.3, -0.25) is 19.3 Å². The van der Waals surface area contributed by atoms with Crippen molar-refractivity contribution in [2.75, 3.05) is 18.5 Å². The second-order valence-corrected chi connectivity index (χ2v) is 12.8. The first-order valence-electron chi connectivity index (χ1n) is 16.8. The summed E-state index contributed by atoms with van der Waals surface area (Å²) in [5.74, 6) is 1.73. The van der Waals surface area contributed by atoms with E-state index in [1.165, 1.54) is 0 Å². The van der Waals surface area contributed by atoms with Crippen molar-refractivity contribution in [3.8, 4) is 22.3 Å². The first-order valence-corrected chi connectivity index (χ1v) is 17.2. The van der Waals surface area contributed by atoms with E-state index in [0.29, 0.717) is 48.6 Å². The zero-order valence-electron chi connectivity index (χ0n) is 29.0. The van der Waals surface area contributed by atoms with Crippen LogP contribution in [0.1, 0.15) is 49.6 Å². The summed E-state index contributed by atoms with van der Waals surface area (Å²) >= 11 is 5.93. The van der Waals surface area contributed by atoms with E-state index >= 15 is 0 Å². The number of aliphatic hydroxyl groups is 2. The minimum Gasteiger partial charge on any atom is -0.396 e. The Morgan fingerprint density at radius 3 is 1.84 bits per heavy atom. The number of fused-ring (bicyclic) bond motifs is 2. The van der Waals surface area contributed by atoms with Crippen LogP contribution in [0, 0.1) is 13.8 Å². The molecule has 51 heavy (non-hydrogen) atoms. The van der Waals surface area contributed by atoms with Crippen LogP contribution in [0.25, 0.3) is 44.3 Å². The highest BCUT2D eigenvalue weighted by atomic mass is 35.5. The number of hydrogen-bond donors (Lipinski definition) is 3. The van der Waals surface area contributed by atoms with E-state index in [4.69, 9.17) is 26.8 Å². The molecule has 7 rings (SSSR count). The lowest BCUT2D eigenvalue weighted by Gasteiger charge is -2.09. The largest absolute Gasteiger partial charge is 0.396 e. The van der Waals surface area contributed by atoms with Gasteiger partial charge in [0, 0.05) is 73.3 Å². The highest BCUT2D eigenvalue weighted by Crippen LogP contribution is 2.27. The molecule has 13 nitrogen and oxygen atoms in total. The molecular formula is C37H40ClN11O2. The van der Waals surface area contributed by atoms with Gasteiger partial charge >= 0.3 is 0 Å². The van der Waals surface area contributed by atoms with Crippen LogP contribution in [0.4, 0.5) is 11.6 Å². The topological polar surface area (TPSA) is 165 Å². The Morgan fingerprint density at radius 2 is 1.27 bits per heavy atom. The summed E-state index contributed by atoms with van der Waals surface area (Å²) < 4.78 is 3.70. The fraction of sp³-hybridized carbons (Fsp3) is 0.297. The fourth-order valence-electron chi connectivity index (χ4n) is 5.54. The third-order valence-electron chi connectivity index (χ3n) is 8.24. The molecule has 0 atom stereocenters. The summed E-state index contributed by atoms with van der Waals surface area (Å²) in [7, 11) is 0. The third kappa shape index (κ3) is 8.69. The van der Waals surface area contributed by atoms with Crippen LogP contribution >= 0.6 is 11.6 Å². The van der Waals surface area contributed by atoms with Crippen LogP contribution in [0.5, 0.6) is 0 Å². The van der Waals surface area contributed by atoms with E-state index in [1.807, 2.05) is 84.4 Å². The molecule has 7 aromatic heterocycles. The first kappa shape index (κ1) is 35.5. The maximum absolute atomic E-state index is 9.04. The van der Waals surface area contributed by atoms with Crippen molar-refractivity contribution in [2.24, 2.45) is 0 Å². The molecule has 0 saturated heterocycles. The van der Waals surface area contributed by atoms with E-state index in [9.17, 15) is 0 Å². The van der Waals surface area contributed by atoms with Gasteiger partial charge in [0.15, 0.2) is 5.82 Å². The number of pyridine rings is 4. The molecule has 0 radical (unpaired) electrons. The molecule has 3 N–H and O–H groups in total. The molecule has 0 aliphatic rings. The Balaban J connectivity index is 0.000000187. The molecule has 0 saturated carbocycles. The zero-order valence-corrected chi connectivity index (χ0v) is 29.7. The van der Waals surface area contributed by atoms with Gasteiger partial charge in [-0.1, -0.05) is 25.4 Å². The fourth-order valence-corrected chi connectivity index (χ4v) is 5.69. The van der Waals surface area contributed by atoms with E-state index in [1.54, 1.807) is 12.3 Å². The number of rotatable bonds is 11. The molecule has 0 bridgehead atoms. The molecule has 7 aromatic rings. The molecule has 0 spiro atoms. The average molecular weight is 706 g/mol. The van der Waals surface area contributed by atoms with Crippen LogP contribution in [0.15, 0.2) is 73.4 Å². The van der Waals surface area contributed by atoms with Gasteiger partial charge in [-0.15, -0.1) is 5.10 Å². The summed E-state index contributed by atoms with van der Waals surface area (Å²) in [6.07, 6.45) is 10.8. The van der Waals surface area contributed by atoms with Crippen molar-refractivity contribution in [2.45, 2.75) is 59.5 Å². The summed E-state index contributed by atoms with van der Waals surface area (Å²) in [5, 5.41) is 38.8. The lowest BCUT2D eigenvalue weighted by Crippen LogP contribution is -2.00. The monoisotopic (exact) mass is 705 g/mol. The first-order chi connectivity index (χ1) is 24.7. The third-order valence-corrected chi connectivity index (χ3v) is 8.46. The number of nitrogens with one attached hydrogen (secondary N) is 1. The summed E-state index contributed by atoms with van der Waals surface area (Å²) in [6.45, 7) is 9.86. The average Bonchev–Trinajstić information content (AvgIpc) is 3.70. The Bertz CT molecular complexity index is 2270. The van der Waals surface area contributed by atoms with Crippen molar-refractivity contribution < 1.29 is 10.2 Å². The number of aryl methyl sites for hydroxylation is 4. The number of aliphatic hydroxyl groups excluding tert-OH is 2. The van der Waals surface area contributed by atoms with Crippen LogP contribution in [-0.4, -0.2) is 73.1 Å². The van der Waals surface area contributed by atoms with Crippen LogP contribution in [-0.2, 0) is 13.1 Å². The van der Waals surface area contributed by atoms with Gasteiger partial charge < -0.3 is 15.5 Å². The maximum atomic E-state index is 9.04. The molecular weight excluding hydrogens is 666 g/mol. The summed E-state index contributed by atoms with van der Waals surface area (Å²) in [4.78, 5) is 18.0. The molecule has 262 valence electrons. The molecule has 0 aromatic carbocycles. The number of anilines is 2. The molecule has 0 fully saturated rings. The second kappa shape index (κ2) is 16.1. The number of nitrogens with zero attached hydrogens (tertiary/aromatic N) is 10. The predicted octanol–water partition coefficient (Wildman–Crippen LogP) is 6.68. The Labute approximate surface area is 300 Å². The second-order valence-electron chi connectivity index (χ2n) is 12.4. The lowest BCUT2D eigenvalue weighted by atomic mass is 10.1. The van der Waals surface area contributed by atoms with Crippen molar-refractivity contribution in [3.05, 3.63) is 95.6 Å². The number of halogens is 1. The zero-order chi connectivity index (χ0) is 35.9. The molecule has 14 heteroatoms. The normalized spacial score (nSPS) is 11.3. The number of hydrogen-bond acceptors (Lipinski definition) is 11. The minimum absolute atomic E-state index is 0.149. The molecule has 0 unspecified atom stereocenters. The Kier molecular flexibility index (Phi) is 11.2. The smallest absolute Gasteiger partial charge is 0.154 e. The Hall–Kier alpha value is -5.37. The van der Waals surface area contributed by atoms with Crippen molar-refractivity contribution in [3.63, 3.8) is 0 Å². The van der Waals surface area contributed by atoms with Gasteiger partial charge in [0.1, 0.15) is 11.0 Å². The van der Waals surface area contributed by atoms with Gasteiger partial charge in [-0.2, -0.15) is 15.3 Å². The molecule has 0 amide bonds. The Morgan fingerprint density at radius 1 is 0.706 bits per heavy atom. The standard InChI is InChI=1S/C22H25N7O.C15H15ClN4O/c1-14(2)16-10-22(27-24-12-16)26-21-6-5-19-20(25-21)9-17(11-23-19)18-13-29(7-4-8-30)28-15(18)3;1-10-12(9-20(19-10)5-2-6-21)11-7-14-13(17-8-11)3-4-15(16)18-14/h5-6,9-14,30H,4,7-8H2,1-3H3,(H,25,26,27);3-4,7-9,21H,2,5-6H2,1H3. The highest BCUT2D eigenvalue weighted by Gasteiger charge is 2.12. The van der Waals surface area contributed by atoms with Crippen LogP contribution in [0.3, 0.4) is 0 Å². The van der Waals surface area contributed by atoms with Crippen molar-refractivity contribution in [1.82, 2.24) is 49.7 Å². The lowest BCUT2D eigenvalue weighted by molar-refractivity contribution is 0.276. The molecule has 0 aliphatic carbocycles. The van der Waals surface area contributed by atoms with E-state index in [0.717, 1.165) is 61.3 Å². The van der Waals surface area contributed by atoms with Crippen LogP contribution in [0.2, 0.25) is 5.15 Å². The number of aromatic nitrogens is 10. The van der Waals surface area contributed by atoms with Gasteiger partial charge in [0.25, 0.3) is 0 Å². The minimum atomic E-state index is 0.149. The SMILES string of the molecule is Cc1nn(CCCO)cc1-c1cnc2ccc(Cl)nc2c1.Cc1nn(CCCO)cc1-c1cnc2ccc(Nc3cc(C(C)C)cnn3)nc2c1. The van der Waals surface area contributed by atoms with Gasteiger partial charge in [-0.25, -0.2) is 9.97 Å². The van der Waals surface area contributed by atoms with Crippen molar-refractivity contribution >= 4 is 45.3 Å². The van der Waals surface area contributed by atoms with Crippen molar-refractivity contribution in [1.29, 1.82) is 0 Å². The molecule has 7 heterocycles. The molecule has 0 aliphatic heterocycles. The van der Waals surface area contributed by atoms with Gasteiger partial charge in [0.05, 0.1) is 39.7 Å². The summed E-state index contributed by atoms with van der Waals surface area (Å²) in [5.41, 5.74) is 10.1. The van der Waals surface area contributed by atoms with Gasteiger partial charge in [0.2, 0.25) is 0 Å². The van der Waals surface area contributed by atoms with E-state index in [2.05, 4.69) is 54.5 Å². The summed E-state index contributed by atoms with van der Waals surface area (Å²) in [6, 6.07) is 13.4. The van der Waals surface area contributed by atoms with Crippen LogP contribution < -0.4 is 5.32 Å². The maximum Gasteiger partial charge on any atom is 0.154 e. The van der Waals surface area contributed by atoms with E-state index < -0.39 is 0 Å². The quantitative estimate of drug-likeness (QED) is 0.123. The highest BCUT2D eigenvalue weighted by molar-refractivity contribution is 6.29. The van der Waals surface area contributed by atoms with E-state index in [-0.39, 0.29) is 13.2 Å². The van der Waals surface area contributed by atoms with Gasteiger partial charge in [-0.05, 0) is 80.6 Å².